The number of nitrogens with zero attached hydrogens (tertiary/aromatic N) is 1. The summed E-state index contributed by atoms with van der Waals surface area (Å²) in [6.45, 7) is 0. The monoisotopic (exact) mass is 247 g/mol. The predicted molar refractivity (Wildman–Crippen MR) is 48.4 cm³/mol. The van der Waals surface area contributed by atoms with E-state index >= 15 is 0 Å². The predicted octanol–water partition coefficient (Wildman–Crippen LogP) is 3.31. The normalized spacial score (nSPS) is 9.50. The molecular weight excluding hydrogens is 244 g/mol. The first kappa shape index (κ1) is 9.50. The molecule has 0 heterocycles. The Morgan fingerprint density at radius 3 is 2.83 bits per heavy atom. The van der Waals surface area contributed by atoms with Gasteiger partial charge in [0.05, 0.1) is 17.0 Å². The molecule has 0 radical (unpaired) electrons. The second-order valence-corrected chi connectivity index (χ2v) is 3.36. The third kappa shape index (κ3) is 1.77. The summed E-state index contributed by atoms with van der Waals surface area (Å²) in [6.07, 6.45) is 0.108. The maximum absolute atomic E-state index is 12.9. The Morgan fingerprint density at radius 2 is 2.25 bits per heavy atom. The third-order valence-electron chi connectivity index (χ3n) is 1.39. The lowest BCUT2D eigenvalue weighted by Gasteiger charge is -2.02. The molecule has 0 aliphatic rings. The molecule has 0 N–H and O–H groups in total. The van der Waals surface area contributed by atoms with Gasteiger partial charge in [-0.05, 0) is 28.1 Å². The molecule has 0 unspecified atom stereocenters. The molecule has 0 aliphatic heterocycles. The van der Waals surface area contributed by atoms with Crippen LogP contribution in [0.4, 0.5) is 4.39 Å². The third-order valence-corrected chi connectivity index (χ3v) is 2.61. The summed E-state index contributed by atoms with van der Waals surface area (Å²) in [6, 6.07) is 4.61. The molecule has 1 aromatic carbocycles. The zero-order valence-corrected chi connectivity index (χ0v) is 8.28. The van der Waals surface area contributed by atoms with Crippen LogP contribution in [0.25, 0.3) is 0 Å². The van der Waals surface area contributed by atoms with Gasteiger partial charge in [0.1, 0.15) is 5.82 Å². The zero-order valence-electron chi connectivity index (χ0n) is 5.94. The Bertz CT molecular complexity index is 346. The van der Waals surface area contributed by atoms with Crippen LogP contribution in [0.3, 0.4) is 0 Å². The number of halogens is 3. The quantitative estimate of drug-likeness (QED) is 0.700. The van der Waals surface area contributed by atoms with E-state index in [-0.39, 0.29) is 10.9 Å². The van der Waals surface area contributed by atoms with Gasteiger partial charge in [-0.3, -0.25) is 0 Å². The van der Waals surface area contributed by atoms with E-state index in [1.54, 1.807) is 0 Å². The van der Waals surface area contributed by atoms with Crippen molar-refractivity contribution in [3.63, 3.8) is 0 Å². The number of hydrogen-bond acceptors (Lipinski definition) is 1. The fourth-order valence-corrected chi connectivity index (χ4v) is 1.63. The minimum Gasteiger partial charge on any atom is -0.206 e. The molecule has 0 aromatic heterocycles. The fourth-order valence-electron chi connectivity index (χ4n) is 0.810. The molecule has 62 valence electrons. The summed E-state index contributed by atoms with van der Waals surface area (Å²) in [7, 11) is 0. The van der Waals surface area contributed by atoms with Crippen LogP contribution >= 0.6 is 27.5 Å². The van der Waals surface area contributed by atoms with E-state index in [2.05, 4.69) is 15.9 Å². The lowest BCUT2D eigenvalue weighted by molar-refractivity contribution is 0.619. The molecule has 0 saturated heterocycles. The average Bonchev–Trinajstić information content (AvgIpc) is 2.06. The maximum atomic E-state index is 12.9. The van der Waals surface area contributed by atoms with Gasteiger partial charge < -0.3 is 0 Å². The van der Waals surface area contributed by atoms with E-state index in [1.807, 2.05) is 6.07 Å². The van der Waals surface area contributed by atoms with Gasteiger partial charge in [0.25, 0.3) is 0 Å². The van der Waals surface area contributed by atoms with Crippen LogP contribution in [0.1, 0.15) is 5.56 Å². The summed E-state index contributed by atoms with van der Waals surface area (Å²) in [5.41, 5.74) is 0.499. The molecule has 1 aromatic rings. The maximum Gasteiger partial charge on any atom is 0.137 e. The van der Waals surface area contributed by atoms with Crippen LogP contribution in [0.5, 0.6) is 0 Å². The molecule has 0 spiro atoms. The highest BCUT2D eigenvalue weighted by atomic mass is 79.9. The van der Waals surface area contributed by atoms with Crippen LogP contribution in [0.2, 0.25) is 5.02 Å². The van der Waals surface area contributed by atoms with Gasteiger partial charge in [-0.15, -0.1) is 0 Å². The minimum atomic E-state index is -0.398. The van der Waals surface area contributed by atoms with Crippen molar-refractivity contribution in [3.8, 4) is 6.07 Å². The van der Waals surface area contributed by atoms with Gasteiger partial charge in [-0.2, -0.15) is 5.26 Å². The molecule has 1 nitrogen and oxygen atoms in total. The van der Waals surface area contributed by atoms with Gasteiger partial charge in [0, 0.05) is 10.6 Å². The Labute approximate surface area is 82.9 Å². The molecule has 0 aliphatic carbocycles. The van der Waals surface area contributed by atoms with Crippen molar-refractivity contribution in [3.05, 3.63) is 33.0 Å². The van der Waals surface area contributed by atoms with E-state index in [0.29, 0.717) is 10.6 Å². The Balaban J connectivity index is 3.25. The van der Waals surface area contributed by atoms with Crippen LogP contribution < -0.4 is 0 Å². The molecule has 4 heteroatoms. The van der Waals surface area contributed by atoms with E-state index in [1.165, 1.54) is 12.1 Å². The van der Waals surface area contributed by atoms with Gasteiger partial charge in [0.2, 0.25) is 0 Å². The molecule has 0 bridgehead atoms. The standard InChI is InChI=1S/C8H4BrClFN/c9-8-5(3-4-12)6(10)1-2-7(8)11/h1-2H,3H2. The van der Waals surface area contributed by atoms with E-state index in [4.69, 9.17) is 16.9 Å². The van der Waals surface area contributed by atoms with Crippen LogP contribution in [-0.2, 0) is 6.42 Å². The van der Waals surface area contributed by atoms with Crippen molar-refractivity contribution in [1.29, 1.82) is 5.26 Å². The molecular formula is C8H4BrClFN. The molecule has 12 heavy (non-hydrogen) atoms. The van der Waals surface area contributed by atoms with E-state index in [0.717, 1.165) is 0 Å². The zero-order chi connectivity index (χ0) is 9.14. The highest BCUT2D eigenvalue weighted by Gasteiger charge is 2.08. The number of hydrogen-bond donors (Lipinski definition) is 0. The van der Waals surface area contributed by atoms with Gasteiger partial charge in [0.15, 0.2) is 0 Å². The van der Waals surface area contributed by atoms with Crippen molar-refractivity contribution in [2.75, 3.05) is 0 Å². The van der Waals surface area contributed by atoms with Crippen LogP contribution in [0.15, 0.2) is 16.6 Å². The molecule has 0 atom stereocenters. The number of rotatable bonds is 1. The fraction of sp³-hybridized carbons (Fsp3) is 0.125. The lowest BCUT2D eigenvalue weighted by atomic mass is 10.2. The van der Waals surface area contributed by atoms with Crippen molar-refractivity contribution in [2.24, 2.45) is 0 Å². The largest absolute Gasteiger partial charge is 0.206 e. The summed E-state index contributed by atoms with van der Waals surface area (Å²) in [5.74, 6) is -0.398. The first-order valence-electron chi connectivity index (χ1n) is 3.16. The highest BCUT2D eigenvalue weighted by Crippen LogP contribution is 2.27. The van der Waals surface area contributed by atoms with Crippen LogP contribution in [-0.4, -0.2) is 0 Å². The van der Waals surface area contributed by atoms with Crippen molar-refractivity contribution >= 4 is 27.5 Å². The van der Waals surface area contributed by atoms with Crippen molar-refractivity contribution in [1.82, 2.24) is 0 Å². The topological polar surface area (TPSA) is 23.8 Å². The summed E-state index contributed by atoms with van der Waals surface area (Å²) in [4.78, 5) is 0. The molecule has 0 amide bonds. The molecule has 0 saturated carbocycles. The lowest BCUT2D eigenvalue weighted by Crippen LogP contribution is -1.89. The van der Waals surface area contributed by atoms with Crippen molar-refractivity contribution < 1.29 is 4.39 Å². The SMILES string of the molecule is N#CCc1c(Cl)ccc(F)c1Br. The summed E-state index contributed by atoms with van der Waals surface area (Å²) >= 11 is 8.75. The molecule has 1 rings (SSSR count). The Hall–Kier alpha value is -0.590. The van der Waals surface area contributed by atoms with Crippen molar-refractivity contribution in [2.45, 2.75) is 6.42 Å². The van der Waals surface area contributed by atoms with Gasteiger partial charge >= 0.3 is 0 Å². The summed E-state index contributed by atoms with van der Waals surface area (Å²) < 4.78 is 13.1. The number of benzene rings is 1. The average molecular weight is 248 g/mol. The van der Waals surface area contributed by atoms with E-state index in [9.17, 15) is 4.39 Å². The first-order chi connectivity index (χ1) is 5.66. The Kier molecular flexibility index (Phi) is 3.07. The second kappa shape index (κ2) is 3.88. The molecule has 0 fully saturated rings. The van der Waals surface area contributed by atoms with Gasteiger partial charge in [-0.1, -0.05) is 11.6 Å². The first-order valence-corrected chi connectivity index (χ1v) is 4.33. The van der Waals surface area contributed by atoms with E-state index < -0.39 is 5.82 Å². The minimum absolute atomic E-state index is 0.108. The highest BCUT2D eigenvalue weighted by molar-refractivity contribution is 9.10. The smallest absolute Gasteiger partial charge is 0.137 e. The van der Waals surface area contributed by atoms with Gasteiger partial charge in [-0.25, -0.2) is 4.39 Å². The second-order valence-electron chi connectivity index (χ2n) is 2.16. The summed E-state index contributed by atoms with van der Waals surface area (Å²) in [5, 5.41) is 8.81. The Morgan fingerprint density at radius 1 is 1.58 bits per heavy atom. The van der Waals surface area contributed by atoms with Crippen LogP contribution in [0, 0.1) is 17.1 Å². The number of nitriles is 1.